The number of hydrogen-bond acceptors (Lipinski definition) is 1. The van der Waals surface area contributed by atoms with E-state index < -0.39 is 0 Å². The van der Waals surface area contributed by atoms with E-state index in [4.69, 9.17) is 11.5 Å². The maximum Gasteiger partial charge on any atom is 0.105 e. The molecule has 0 rings (SSSR count). The highest BCUT2D eigenvalue weighted by atomic mass is 16.2. The van der Waals surface area contributed by atoms with Crippen LogP contribution >= 0.6 is 0 Å². The van der Waals surface area contributed by atoms with Gasteiger partial charge in [-0.25, -0.2) is 0 Å². The Hall–Kier alpha value is -1.36. The third kappa shape index (κ3) is 8.64. The van der Waals surface area contributed by atoms with E-state index in [0.717, 1.165) is 19.3 Å². The van der Waals surface area contributed by atoms with Crippen LogP contribution in [0.2, 0.25) is 0 Å². The summed E-state index contributed by atoms with van der Waals surface area (Å²) in [6.45, 7) is -0.126. The SMILES string of the molecule is C#CCCCC#CC#CCO. The van der Waals surface area contributed by atoms with Crippen LogP contribution < -0.4 is 0 Å². The van der Waals surface area contributed by atoms with Crippen molar-refractivity contribution in [2.24, 2.45) is 0 Å². The molecular formula is C10H10O. The molecule has 0 aliphatic rings. The Labute approximate surface area is 67.8 Å². The van der Waals surface area contributed by atoms with Gasteiger partial charge in [-0.15, -0.1) is 12.3 Å². The van der Waals surface area contributed by atoms with Gasteiger partial charge in [-0.1, -0.05) is 11.8 Å². The van der Waals surface area contributed by atoms with Gasteiger partial charge in [-0.2, -0.15) is 0 Å². The van der Waals surface area contributed by atoms with Crippen molar-refractivity contribution in [2.75, 3.05) is 6.61 Å². The first kappa shape index (κ1) is 9.64. The van der Waals surface area contributed by atoms with E-state index in [1.54, 1.807) is 0 Å². The molecule has 0 radical (unpaired) electrons. The van der Waals surface area contributed by atoms with Gasteiger partial charge < -0.3 is 5.11 Å². The molecule has 0 bridgehead atoms. The van der Waals surface area contributed by atoms with Gasteiger partial charge in [-0.3, -0.25) is 0 Å². The lowest BCUT2D eigenvalue weighted by Gasteiger charge is -1.80. The Kier molecular flexibility index (Phi) is 7.57. The second-order valence-electron chi connectivity index (χ2n) is 1.82. The van der Waals surface area contributed by atoms with Crippen LogP contribution in [-0.4, -0.2) is 11.7 Å². The normalized spacial score (nSPS) is 6.55. The summed E-state index contributed by atoms with van der Waals surface area (Å²) in [6, 6.07) is 0. The molecule has 0 unspecified atom stereocenters. The minimum absolute atomic E-state index is 0.126. The highest BCUT2D eigenvalue weighted by Gasteiger charge is 1.76. The Morgan fingerprint density at radius 3 is 2.45 bits per heavy atom. The van der Waals surface area contributed by atoms with E-state index in [2.05, 4.69) is 29.6 Å². The second-order valence-corrected chi connectivity index (χ2v) is 1.82. The van der Waals surface area contributed by atoms with E-state index in [0.29, 0.717) is 0 Å². The summed E-state index contributed by atoms with van der Waals surface area (Å²) in [5.74, 6) is 12.9. The third-order valence-electron chi connectivity index (χ3n) is 0.941. The molecule has 0 saturated carbocycles. The average Bonchev–Trinajstić information content (AvgIpc) is 2.03. The van der Waals surface area contributed by atoms with E-state index in [-0.39, 0.29) is 6.61 Å². The second kappa shape index (κ2) is 8.64. The quantitative estimate of drug-likeness (QED) is 0.451. The van der Waals surface area contributed by atoms with Crippen molar-refractivity contribution in [3.05, 3.63) is 0 Å². The fourth-order valence-corrected chi connectivity index (χ4v) is 0.469. The van der Waals surface area contributed by atoms with Crippen molar-refractivity contribution < 1.29 is 5.11 Å². The van der Waals surface area contributed by atoms with Crippen molar-refractivity contribution in [1.29, 1.82) is 0 Å². The molecule has 0 amide bonds. The van der Waals surface area contributed by atoms with Crippen LogP contribution in [0, 0.1) is 36.0 Å². The molecule has 1 N–H and O–H groups in total. The number of unbranched alkanes of at least 4 members (excludes halogenated alkanes) is 2. The van der Waals surface area contributed by atoms with Crippen molar-refractivity contribution >= 4 is 0 Å². The van der Waals surface area contributed by atoms with E-state index in [1.165, 1.54) is 0 Å². The van der Waals surface area contributed by atoms with Crippen molar-refractivity contribution in [2.45, 2.75) is 19.3 Å². The van der Waals surface area contributed by atoms with Crippen LogP contribution in [0.15, 0.2) is 0 Å². The van der Waals surface area contributed by atoms with Gasteiger partial charge in [0, 0.05) is 12.8 Å². The Morgan fingerprint density at radius 1 is 1.09 bits per heavy atom. The smallest absolute Gasteiger partial charge is 0.105 e. The minimum atomic E-state index is -0.126. The standard InChI is InChI=1S/C10H10O/c1-2-3-4-5-6-7-8-9-10-11/h1,11H,3-5,10H2. The highest BCUT2D eigenvalue weighted by Crippen LogP contribution is 1.89. The number of hydrogen-bond donors (Lipinski definition) is 1. The first-order valence-corrected chi connectivity index (χ1v) is 3.42. The first-order valence-electron chi connectivity index (χ1n) is 3.42. The highest BCUT2D eigenvalue weighted by molar-refractivity contribution is 5.25. The fraction of sp³-hybridized carbons (Fsp3) is 0.400. The summed E-state index contributed by atoms with van der Waals surface area (Å²) in [7, 11) is 0. The van der Waals surface area contributed by atoms with E-state index in [1.807, 2.05) is 0 Å². The van der Waals surface area contributed by atoms with Crippen molar-refractivity contribution in [3.8, 4) is 36.0 Å². The lowest BCUT2D eigenvalue weighted by molar-refractivity contribution is 0.350. The van der Waals surface area contributed by atoms with Crippen LogP contribution in [-0.2, 0) is 0 Å². The summed E-state index contributed by atoms with van der Waals surface area (Å²) < 4.78 is 0. The first-order chi connectivity index (χ1) is 5.41. The average molecular weight is 146 g/mol. The minimum Gasteiger partial charge on any atom is -0.384 e. The van der Waals surface area contributed by atoms with Crippen LogP contribution in [0.3, 0.4) is 0 Å². The zero-order valence-corrected chi connectivity index (χ0v) is 6.35. The predicted molar refractivity (Wildman–Crippen MR) is 45.3 cm³/mol. The molecule has 0 atom stereocenters. The van der Waals surface area contributed by atoms with Gasteiger partial charge >= 0.3 is 0 Å². The number of aliphatic hydroxyl groups is 1. The Morgan fingerprint density at radius 2 is 1.82 bits per heavy atom. The maximum absolute atomic E-state index is 8.24. The molecule has 0 aromatic carbocycles. The van der Waals surface area contributed by atoms with Crippen LogP contribution in [0.25, 0.3) is 0 Å². The van der Waals surface area contributed by atoms with E-state index >= 15 is 0 Å². The lowest BCUT2D eigenvalue weighted by Crippen LogP contribution is -1.70. The molecule has 56 valence electrons. The summed E-state index contributed by atoms with van der Waals surface area (Å²) in [6.07, 6.45) is 7.50. The molecule has 0 spiro atoms. The van der Waals surface area contributed by atoms with Gasteiger partial charge in [-0.05, 0) is 18.3 Å². The maximum atomic E-state index is 8.24. The van der Waals surface area contributed by atoms with Crippen LogP contribution in [0.4, 0.5) is 0 Å². The summed E-state index contributed by atoms with van der Waals surface area (Å²) in [5.41, 5.74) is 0. The molecule has 1 nitrogen and oxygen atoms in total. The summed E-state index contributed by atoms with van der Waals surface area (Å²) in [5, 5.41) is 8.24. The Bertz CT molecular complexity index is 236. The van der Waals surface area contributed by atoms with Gasteiger partial charge in [0.05, 0.1) is 0 Å². The van der Waals surface area contributed by atoms with Crippen LogP contribution in [0.5, 0.6) is 0 Å². The van der Waals surface area contributed by atoms with E-state index in [9.17, 15) is 0 Å². The van der Waals surface area contributed by atoms with Crippen molar-refractivity contribution in [1.82, 2.24) is 0 Å². The van der Waals surface area contributed by atoms with Gasteiger partial charge in [0.15, 0.2) is 0 Å². The van der Waals surface area contributed by atoms with Crippen LogP contribution in [0.1, 0.15) is 19.3 Å². The van der Waals surface area contributed by atoms with Crippen molar-refractivity contribution in [3.63, 3.8) is 0 Å². The fourth-order valence-electron chi connectivity index (χ4n) is 0.469. The monoisotopic (exact) mass is 146 g/mol. The molecule has 11 heavy (non-hydrogen) atoms. The molecule has 0 heterocycles. The zero-order chi connectivity index (χ0) is 8.36. The molecule has 0 saturated heterocycles. The molecule has 0 aliphatic heterocycles. The zero-order valence-electron chi connectivity index (χ0n) is 6.35. The summed E-state index contributed by atoms with van der Waals surface area (Å²) in [4.78, 5) is 0. The molecule has 0 fully saturated rings. The summed E-state index contributed by atoms with van der Waals surface area (Å²) >= 11 is 0. The number of aliphatic hydroxyl groups excluding tert-OH is 1. The Balaban J connectivity index is 3.35. The number of terminal acetylenes is 1. The molecule has 0 aromatic rings. The molecular weight excluding hydrogens is 136 g/mol. The number of rotatable bonds is 2. The predicted octanol–water partition coefficient (Wildman–Crippen LogP) is 0.789. The topological polar surface area (TPSA) is 20.2 Å². The molecule has 1 heteroatoms. The van der Waals surface area contributed by atoms with Gasteiger partial charge in [0.2, 0.25) is 0 Å². The largest absolute Gasteiger partial charge is 0.384 e. The molecule has 0 aliphatic carbocycles. The molecule has 0 aromatic heterocycles. The third-order valence-corrected chi connectivity index (χ3v) is 0.941. The van der Waals surface area contributed by atoms with Gasteiger partial charge in [0.1, 0.15) is 6.61 Å². The van der Waals surface area contributed by atoms with Gasteiger partial charge in [0.25, 0.3) is 0 Å². The lowest BCUT2D eigenvalue weighted by atomic mass is 10.2.